The van der Waals surface area contributed by atoms with E-state index in [1.54, 1.807) is 0 Å². The molecule has 2 unspecified atom stereocenters. The first kappa shape index (κ1) is 12.4. The van der Waals surface area contributed by atoms with Crippen molar-refractivity contribution in [2.75, 3.05) is 6.54 Å². The van der Waals surface area contributed by atoms with Crippen LogP contribution in [0, 0.1) is 5.41 Å². The first-order valence-corrected chi connectivity index (χ1v) is 6.59. The fraction of sp³-hybridized carbons (Fsp3) is 0.600. The van der Waals surface area contributed by atoms with E-state index < -0.39 is 0 Å². The Morgan fingerprint density at radius 1 is 1.29 bits per heavy atom. The SMILES string of the molecule is CCCNC1CC(Oc2ccccc2)C1(C)C. The summed E-state index contributed by atoms with van der Waals surface area (Å²) in [5, 5.41) is 3.59. The van der Waals surface area contributed by atoms with Gasteiger partial charge in [0.05, 0.1) is 0 Å². The molecule has 0 saturated heterocycles. The summed E-state index contributed by atoms with van der Waals surface area (Å²) in [6, 6.07) is 10.7. The minimum atomic E-state index is 0.227. The Balaban J connectivity index is 1.89. The van der Waals surface area contributed by atoms with Gasteiger partial charge in [0.2, 0.25) is 0 Å². The largest absolute Gasteiger partial charge is 0.490 e. The number of rotatable bonds is 5. The van der Waals surface area contributed by atoms with Crippen LogP contribution in [0.4, 0.5) is 0 Å². The minimum absolute atomic E-state index is 0.227. The molecule has 1 aliphatic carbocycles. The molecule has 1 fully saturated rings. The van der Waals surface area contributed by atoms with Gasteiger partial charge >= 0.3 is 0 Å². The summed E-state index contributed by atoms with van der Waals surface area (Å²) in [5.41, 5.74) is 0.227. The highest BCUT2D eigenvalue weighted by atomic mass is 16.5. The van der Waals surface area contributed by atoms with Gasteiger partial charge in [0.15, 0.2) is 0 Å². The molecular formula is C15H23NO. The molecule has 1 N–H and O–H groups in total. The molecule has 0 heterocycles. The molecule has 17 heavy (non-hydrogen) atoms. The predicted molar refractivity (Wildman–Crippen MR) is 71.3 cm³/mol. The van der Waals surface area contributed by atoms with Crippen LogP contribution in [0.3, 0.4) is 0 Å². The van der Waals surface area contributed by atoms with Crippen molar-refractivity contribution in [2.24, 2.45) is 5.41 Å². The number of hydrogen-bond donors (Lipinski definition) is 1. The molecule has 2 nitrogen and oxygen atoms in total. The summed E-state index contributed by atoms with van der Waals surface area (Å²) in [4.78, 5) is 0. The van der Waals surface area contributed by atoms with Crippen LogP contribution in [0.15, 0.2) is 30.3 Å². The Labute approximate surface area is 104 Å². The molecule has 0 amide bonds. The number of ether oxygens (including phenoxy) is 1. The van der Waals surface area contributed by atoms with Crippen molar-refractivity contribution < 1.29 is 4.74 Å². The second-order valence-electron chi connectivity index (χ2n) is 5.48. The van der Waals surface area contributed by atoms with E-state index in [1.807, 2.05) is 30.3 Å². The van der Waals surface area contributed by atoms with Crippen LogP contribution < -0.4 is 10.1 Å². The van der Waals surface area contributed by atoms with Gasteiger partial charge in [-0.1, -0.05) is 39.0 Å². The Morgan fingerprint density at radius 3 is 2.59 bits per heavy atom. The van der Waals surface area contributed by atoms with Gasteiger partial charge in [-0.05, 0) is 25.1 Å². The Bertz CT molecular complexity index is 347. The maximum atomic E-state index is 6.04. The zero-order valence-corrected chi connectivity index (χ0v) is 11.1. The lowest BCUT2D eigenvalue weighted by atomic mass is 9.64. The third-order valence-corrected chi connectivity index (χ3v) is 3.84. The predicted octanol–water partition coefficient (Wildman–Crippen LogP) is 3.23. The topological polar surface area (TPSA) is 21.3 Å². The first-order chi connectivity index (χ1) is 8.14. The summed E-state index contributed by atoms with van der Waals surface area (Å²) in [6.45, 7) is 7.89. The van der Waals surface area contributed by atoms with Crippen molar-refractivity contribution >= 4 is 0 Å². The standard InChI is InChI=1S/C15H23NO/c1-4-10-16-13-11-14(15(13,2)3)17-12-8-6-5-7-9-12/h5-9,13-14,16H,4,10-11H2,1-3H3. The van der Waals surface area contributed by atoms with E-state index in [0.717, 1.165) is 18.7 Å². The second-order valence-corrected chi connectivity index (χ2v) is 5.48. The van der Waals surface area contributed by atoms with E-state index in [1.165, 1.54) is 6.42 Å². The quantitative estimate of drug-likeness (QED) is 0.843. The minimum Gasteiger partial charge on any atom is -0.490 e. The molecule has 0 radical (unpaired) electrons. The molecular weight excluding hydrogens is 210 g/mol. The third kappa shape index (κ3) is 2.63. The fourth-order valence-electron chi connectivity index (χ4n) is 2.41. The summed E-state index contributed by atoms with van der Waals surface area (Å²) in [6.07, 6.45) is 2.64. The van der Waals surface area contributed by atoms with Gasteiger partial charge < -0.3 is 10.1 Å². The lowest BCUT2D eigenvalue weighted by molar-refractivity contribution is -0.0546. The van der Waals surface area contributed by atoms with Crippen LogP contribution in [0.25, 0.3) is 0 Å². The monoisotopic (exact) mass is 233 g/mol. The molecule has 0 aliphatic heterocycles. The molecule has 0 spiro atoms. The number of benzene rings is 1. The average Bonchev–Trinajstić information content (AvgIpc) is 2.34. The molecule has 2 rings (SSSR count). The van der Waals surface area contributed by atoms with Gasteiger partial charge in [-0.15, -0.1) is 0 Å². The maximum absolute atomic E-state index is 6.04. The summed E-state index contributed by atoms with van der Waals surface area (Å²) in [7, 11) is 0. The highest BCUT2D eigenvalue weighted by Crippen LogP contribution is 2.42. The van der Waals surface area contributed by atoms with E-state index in [-0.39, 0.29) is 5.41 Å². The van der Waals surface area contributed by atoms with Gasteiger partial charge in [0.25, 0.3) is 0 Å². The molecule has 2 heteroatoms. The van der Waals surface area contributed by atoms with Crippen molar-refractivity contribution in [2.45, 2.75) is 45.8 Å². The Kier molecular flexibility index (Phi) is 3.72. The second kappa shape index (κ2) is 5.09. The van der Waals surface area contributed by atoms with E-state index in [2.05, 4.69) is 26.1 Å². The van der Waals surface area contributed by atoms with Gasteiger partial charge in [-0.25, -0.2) is 0 Å². The molecule has 0 aromatic heterocycles. The number of para-hydroxylation sites is 1. The maximum Gasteiger partial charge on any atom is 0.119 e. The van der Waals surface area contributed by atoms with Crippen LogP contribution in [-0.4, -0.2) is 18.7 Å². The smallest absolute Gasteiger partial charge is 0.119 e. The van der Waals surface area contributed by atoms with Crippen LogP contribution in [0.5, 0.6) is 5.75 Å². The third-order valence-electron chi connectivity index (χ3n) is 3.84. The van der Waals surface area contributed by atoms with Crippen LogP contribution in [0.2, 0.25) is 0 Å². The number of hydrogen-bond acceptors (Lipinski definition) is 2. The highest BCUT2D eigenvalue weighted by molar-refractivity contribution is 5.22. The zero-order valence-electron chi connectivity index (χ0n) is 11.1. The average molecular weight is 233 g/mol. The molecule has 1 saturated carbocycles. The summed E-state index contributed by atoms with van der Waals surface area (Å²) < 4.78 is 6.04. The fourth-order valence-corrected chi connectivity index (χ4v) is 2.41. The Hall–Kier alpha value is -1.02. The van der Waals surface area contributed by atoms with Crippen LogP contribution >= 0.6 is 0 Å². The van der Waals surface area contributed by atoms with E-state index >= 15 is 0 Å². The number of nitrogens with one attached hydrogen (secondary N) is 1. The van der Waals surface area contributed by atoms with Crippen molar-refractivity contribution in [3.8, 4) is 5.75 Å². The van der Waals surface area contributed by atoms with Crippen molar-refractivity contribution in [3.05, 3.63) is 30.3 Å². The highest BCUT2D eigenvalue weighted by Gasteiger charge is 2.49. The van der Waals surface area contributed by atoms with Crippen molar-refractivity contribution in [3.63, 3.8) is 0 Å². The normalized spacial score (nSPS) is 26.3. The molecule has 1 aromatic carbocycles. The zero-order chi connectivity index (χ0) is 12.3. The molecule has 1 aromatic rings. The molecule has 94 valence electrons. The van der Waals surface area contributed by atoms with Crippen molar-refractivity contribution in [1.29, 1.82) is 0 Å². The van der Waals surface area contributed by atoms with Gasteiger partial charge in [0.1, 0.15) is 11.9 Å². The first-order valence-electron chi connectivity index (χ1n) is 6.59. The lowest BCUT2D eigenvalue weighted by Gasteiger charge is -2.51. The van der Waals surface area contributed by atoms with Gasteiger partial charge in [-0.3, -0.25) is 0 Å². The van der Waals surface area contributed by atoms with Crippen LogP contribution in [0.1, 0.15) is 33.6 Å². The summed E-state index contributed by atoms with van der Waals surface area (Å²) >= 11 is 0. The molecule has 0 bridgehead atoms. The lowest BCUT2D eigenvalue weighted by Crippen LogP contribution is -2.62. The van der Waals surface area contributed by atoms with E-state index in [4.69, 9.17) is 4.74 Å². The van der Waals surface area contributed by atoms with E-state index in [9.17, 15) is 0 Å². The van der Waals surface area contributed by atoms with E-state index in [0.29, 0.717) is 12.1 Å². The molecule has 2 atom stereocenters. The molecule has 1 aliphatic rings. The summed E-state index contributed by atoms with van der Waals surface area (Å²) in [5.74, 6) is 0.986. The van der Waals surface area contributed by atoms with Crippen LogP contribution in [-0.2, 0) is 0 Å². The van der Waals surface area contributed by atoms with Gasteiger partial charge in [0, 0.05) is 17.9 Å². The Morgan fingerprint density at radius 2 is 2.00 bits per heavy atom. The van der Waals surface area contributed by atoms with Gasteiger partial charge in [-0.2, -0.15) is 0 Å². The van der Waals surface area contributed by atoms with Crippen molar-refractivity contribution in [1.82, 2.24) is 5.32 Å².